The number of aromatic nitrogens is 2. The normalized spacial score (nSPS) is 12.2. The van der Waals surface area contributed by atoms with Gasteiger partial charge in [0.25, 0.3) is 0 Å². The number of rotatable bonds is 4. The second kappa shape index (κ2) is 8.42. The molecular weight excluding hydrogens is 415 g/mol. The van der Waals surface area contributed by atoms with Crippen molar-refractivity contribution in [1.82, 2.24) is 9.97 Å². The fourth-order valence-electron chi connectivity index (χ4n) is 2.74. The van der Waals surface area contributed by atoms with Crippen LogP contribution < -0.4 is 26.0 Å². The molecule has 0 spiro atoms. The van der Waals surface area contributed by atoms with Crippen LogP contribution in [0.3, 0.4) is 0 Å². The van der Waals surface area contributed by atoms with Crippen LogP contribution in [0.5, 0.6) is 5.75 Å². The number of carbonyl (C=O) groups is 1. The number of amides is 2. The van der Waals surface area contributed by atoms with Crippen molar-refractivity contribution in [3.05, 3.63) is 58.8 Å². The van der Waals surface area contributed by atoms with Crippen LogP contribution in [0.1, 0.15) is 0 Å². The highest BCUT2D eigenvalue weighted by Gasteiger charge is 2.16. The summed E-state index contributed by atoms with van der Waals surface area (Å²) in [5.74, 6) is 1.81. The van der Waals surface area contributed by atoms with E-state index in [1.165, 1.54) is 6.33 Å². The van der Waals surface area contributed by atoms with E-state index in [1.54, 1.807) is 30.3 Å². The molecule has 3 aromatic rings. The zero-order valence-electron chi connectivity index (χ0n) is 15.0. The molecule has 2 heterocycles. The Morgan fingerprint density at radius 3 is 2.41 bits per heavy atom. The summed E-state index contributed by atoms with van der Waals surface area (Å²) in [6.07, 6.45) is 1.46. The van der Waals surface area contributed by atoms with Gasteiger partial charge in [-0.1, -0.05) is 23.2 Å². The molecule has 0 saturated heterocycles. The SMILES string of the molecule is O=C(Nc1ccc(Nc2ncnc3c2OCCN3)cc1)Nc1cc(Cl)cc(Cl)c1. The van der Waals surface area contributed by atoms with Crippen molar-refractivity contribution in [3.8, 4) is 5.75 Å². The molecule has 1 aliphatic rings. The third-order valence-electron chi connectivity index (χ3n) is 3.97. The molecule has 0 atom stereocenters. The van der Waals surface area contributed by atoms with E-state index < -0.39 is 6.03 Å². The molecule has 4 rings (SSSR count). The van der Waals surface area contributed by atoms with Crippen molar-refractivity contribution < 1.29 is 9.53 Å². The van der Waals surface area contributed by atoms with Crippen LogP contribution in [0, 0.1) is 0 Å². The smallest absolute Gasteiger partial charge is 0.323 e. The Balaban J connectivity index is 1.40. The predicted molar refractivity (Wildman–Crippen MR) is 115 cm³/mol. The molecule has 0 bridgehead atoms. The molecule has 0 saturated carbocycles. The van der Waals surface area contributed by atoms with Gasteiger partial charge in [0.2, 0.25) is 5.75 Å². The monoisotopic (exact) mass is 430 g/mol. The lowest BCUT2D eigenvalue weighted by Gasteiger charge is -2.20. The first kappa shape index (κ1) is 19.1. The van der Waals surface area contributed by atoms with Crippen molar-refractivity contribution in [3.63, 3.8) is 0 Å². The molecule has 0 aliphatic carbocycles. The van der Waals surface area contributed by atoms with Crippen molar-refractivity contribution in [2.75, 3.05) is 34.4 Å². The summed E-state index contributed by atoms with van der Waals surface area (Å²) in [6, 6.07) is 11.6. The number of carbonyl (C=O) groups excluding carboxylic acids is 1. The van der Waals surface area contributed by atoms with Gasteiger partial charge in [-0.3, -0.25) is 0 Å². The molecule has 148 valence electrons. The number of anilines is 5. The first-order valence-electron chi connectivity index (χ1n) is 8.70. The van der Waals surface area contributed by atoms with E-state index >= 15 is 0 Å². The van der Waals surface area contributed by atoms with Gasteiger partial charge in [0, 0.05) is 27.1 Å². The van der Waals surface area contributed by atoms with E-state index in [1.807, 2.05) is 12.1 Å². The molecule has 29 heavy (non-hydrogen) atoms. The number of nitrogens with zero attached hydrogens (tertiary/aromatic N) is 2. The highest BCUT2D eigenvalue weighted by Crippen LogP contribution is 2.33. The number of hydrogen-bond acceptors (Lipinski definition) is 6. The number of fused-ring (bicyclic) bond motifs is 1. The molecule has 4 N–H and O–H groups in total. The highest BCUT2D eigenvalue weighted by atomic mass is 35.5. The maximum Gasteiger partial charge on any atom is 0.323 e. The minimum atomic E-state index is -0.409. The minimum absolute atomic E-state index is 0.409. The van der Waals surface area contributed by atoms with Crippen LogP contribution in [0.25, 0.3) is 0 Å². The standard InChI is InChI=1S/C19H16Cl2N6O2/c20-11-7-12(21)9-15(8-11)27-19(28)26-14-3-1-13(2-4-14)25-18-16-17(23-10-24-18)22-5-6-29-16/h1-4,7-10H,5-6H2,(H2,26,27,28)(H2,22,23,24,25). The Morgan fingerprint density at radius 2 is 1.66 bits per heavy atom. The molecule has 0 radical (unpaired) electrons. The maximum absolute atomic E-state index is 12.2. The third-order valence-corrected chi connectivity index (χ3v) is 4.41. The third kappa shape index (κ3) is 4.79. The predicted octanol–water partition coefficient (Wildman–Crippen LogP) is 4.98. The molecule has 10 heteroatoms. The molecular formula is C19H16Cl2N6O2. The van der Waals surface area contributed by atoms with Gasteiger partial charge in [0.05, 0.1) is 6.54 Å². The zero-order valence-corrected chi connectivity index (χ0v) is 16.5. The molecule has 2 aromatic carbocycles. The van der Waals surface area contributed by atoms with Crippen molar-refractivity contribution in [2.45, 2.75) is 0 Å². The van der Waals surface area contributed by atoms with Gasteiger partial charge < -0.3 is 26.0 Å². The number of hydrogen-bond donors (Lipinski definition) is 4. The van der Waals surface area contributed by atoms with Gasteiger partial charge in [-0.05, 0) is 42.5 Å². The second-order valence-electron chi connectivity index (χ2n) is 6.11. The van der Waals surface area contributed by atoms with Gasteiger partial charge in [-0.25, -0.2) is 14.8 Å². The lowest BCUT2D eigenvalue weighted by atomic mass is 10.2. The van der Waals surface area contributed by atoms with Crippen LogP contribution in [0.2, 0.25) is 10.0 Å². The van der Waals surface area contributed by atoms with Crippen LogP contribution in [0.4, 0.5) is 33.5 Å². The molecule has 8 nitrogen and oxygen atoms in total. The van der Waals surface area contributed by atoms with Gasteiger partial charge in [-0.2, -0.15) is 0 Å². The number of ether oxygens (including phenoxy) is 1. The molecule has 0 fully saturated rings. The van der Waals surface area contributed by atoms with Crippen molar-refractivity contribution in [1.29, 1.82) is 0 Å². The van der Waals surface area contributed by atoms with E-state index in [4.69, 9.17) is 27.9 Å². The average molecular weight is 431 g/mol. The van der Waals surface area contributed by atoms with E-state index in [2.05, 4.69) is 31.2 Å². The van der Waals surface area contributed by atoms with Crippen LogP contribution in [-0.4, -0.2) is 29.2 Å². The van der Waals surface area contributed by atoms with Gasteiger partial charge in [0.15, 0.2) is 11.6 Å². The fourth-order valence-corrected chi connectivity index (χ4v) is 3.27. The van der Waals surface area contributed by atoms with Crippen LogP contribution in [0.15, 0.2) is 48.8 Å². The van der Waals surface area contributed by atoms with Gasteiger partial charge in [0.1, 0.15) is 12.9 Å². The largest absolute Gasteiger partial charge is 0.485 e. The first-order chi connectivity index (χ1) is 14.1. The van der Waals surface area contributed by atoms with Crippen LogP contribution >= 0.6 is 23.2 Å². The number of halogens is 2. The summed E-state index contributed by atoms with van der Waals surface area (Å²) in [5.41, 5.74) is 1.90. The van der Waals surface area contributed by atoms with E-state index in [0.29, 0.717) is 52.0 Å². The van der Waals surface area contributed by atoms with Crippen LogP contribution in [-0.2, 0) is 0 Å². The van der Waals surface area contributed by atoms with Gasteiger partial charge >= 0.3 is 6.03 Å². The first-order valence-corrected chi connectivity index (χ1v) is 9.45. The summed E-state index contributed by atoms with van der Waals surface area (Å²) >= 11 is 11.9. The Hall–Kier alpha value is -3.23. The second-order valence-corrected chi connectivity index (χ2v) is 6.99. The molecule has 0 unspecified atom stereocenters. The maximum atomic E-state index is 12.2. The van der Waals surface area contributed by atoms with E-state index in [0.717, 1.165) is 5.69 Å². The minimum Gasteiger partial charge on any atom is -0.485 e. The summed E-state index contributed by atoms with van der Waals surface area (Å²) < 4.78 is 5.64. The lowest BCUT2D eigenvalue weighted by Crippen LogP contribution is -2.20. The summed E-state index contributed by atoms with van der Waals surface area (Å²) in [4.78, 5) is 20.6. The number of benzene rings is 2. The fraction of sp³-hybridized carbons (Fsp3) is 0.105. The summed E-state index contributed by atoms with van der Waals surface area (Å²) in [7, 11) is 0. The van der Waals surface area contributed by atoms with E-state index in [-0.39, 0.29) is 0 Å². The molecule has 1 aliphatic heterocycles. The van der Waals surface area contributed by atoms with Crippen molar-refractivity contribution in [2.24, 2.45) is 0 Å². The Bertz CT molecular complexity index is 1030. The summed E-state index contributed by atoms with van der Waals surface area (Å²) in [6.45, 7) is 1.25. The number of nitrogens with one attached hydrogen (secondary N) is 4. The topological polar surface area (TPSA) is 100 Å². The molecule has 2 amide bonds. The Labute approximate surface area is 176 Å². The van der Waals surface area contributed by atoms with Crippen molar-refractivity contribution >= 4 is 57.9 Å². The summed E-state index contributed by atoms with van der Waals surface area (Å²) in [5, 5.41) is 12.7. The van der Waals surface area contributed by atoms with E-state index in [9.17, 15) is 4.79 Å². The highest BCUT2D eigenvalue weighted by molar-refractivity contribution is 6.35. The quantitative estimate of drug-likeness (QED) is 0.465. The Kier molecular flexibility index (Phi) is 5.55. The lowest BCUT2D eigenvalue weighted by molar-refractivity contribution is 0.262. The zero-order chi connectivity index (χ0) is 20.2. The number of urea groups is 1. The average Bonchev–Trinajstić information content (AvgIpc) is 2.69. The van der Waals surface area contributed by atoms with Gasteiger partial charge in [-0.15, -0.1) is 0 Å². The Morgan fingerprint density at radius 1 is 0.966 bits per heavy atom. The molecule has 1 aromatic heterocycles.